The van der Waals surface area contributed by atoms with E-state index in [0.29, 0.717) is 10.7 Å². The summed E-state index contributed by atoms with van der Waals surface area (Å²) in [6.45, 7) is 0. The van der Waals surface area contributed by atoms with Crippen molar-refractivity contribution in [1.29, 1.82) is 0 Å². The summed E-state index contributed by atoms with van der Waals surface area (Å²) in [5.41, 5.74) is 4.63. The van der Waals surface area contributed by atoms with E-state index in [1.807, 2.05) is 30.3 Å². The zero-order chi connectivity index (χ0) is 22.5. The van der Waals surface area contributed by atoms with E-state index >= 15 is 0 Å². The van der Waals surface area contributed by atoms with Crippen LogP contribution < -0.4 is 10.7 Å². The van der Waals surface area contributed by atoms with Crippen molar-refractivity contribution < 1.29 is 19.2 Å². The molecule has 0 unspecified atom stereocenters. The molecule has 3 aromatic rings. The van der Waals surface area contributed by atoms with Gasteiger partial charge in [0.15, 0.2) is 0 Å². The SMILES string of the molecule is O=C(CSCc1ccccc1)Nc1cccc(C(=O)NN2C(=O)c3ccccc3C2=O)c1. The zero-order valence-corrected chi connectivity index (χ0v) is 17.7. The summed E-state index contributed by atoms with van der Waals surface area (Å²) in [6.07, 6.45) is 0. The smallest absolute Gasteiger partial charge is 0.280 e. The molecule has 7 nitrogen and oxygen atoms in total. The summed E-state index contributed by atoms with van der Waals surface area (Å²) in [6, 6.07) is 22.5. The van der Waals surface area contributed by atoms with Crippen LogP contribution in [0.2, 0.25) is 0 Å². The Hall–Kier alpha value is -3.91. The van der Waals surface area contributed by atoms with Crippen molar-refractivity contribution in [3.63, 3.8) is 0 Å². The van der Waals surface area contributed by atoms with Gasteiger partial charge in [-0.25, -0.2) is 0 Å². The standard InChI is InChI=1S/C24H19N3O4S/c28-21(15-32-14-16-7-2-1-3-8-16)25-18-10-6-9-17(13-18)22(29)26-27-23(30)19-11-4-5-12-20(19)24(27)31/h1-13H,14-15H2,(H,25,28)(H,26,29). The van der Waals surface area contributed by atoms with Crippen LogP contribution in [0.3, 0.4) is 0 Å². The van der Waals surface area contributed by atoms with Crippen LogP contribution in [0.25, 0.3) is 0 Å². The molecule has 3 aromatic carbocycles. The first-order valence-electron chi connectivity index (χ1n) is 9.83. The minimum Gasteiger partial charge on any atom is -0.325 e. The first kappa shape index (κ1) is 21.3. The maximum Gasteiger partial charge on any atom is 0.280 e. The zero-order valence-electron chi connectivity index (χ0n) is 16.9. The van der Waals surface area contributed by atoms with Crippen LogP contribution in [0, 0.1) is 0 Å². The van der Waals surface area contributed by atoms with Gasteiger partial charge in [0.25, 0.3) is 17.7 Å². The average Bonchev–Trinajstić information content (AvgIpc) is 3.05. The van der Waals surface area contributed by atoms with Crippen molar-refractivity contribution in [3.8, 4) is 0 Å². The molecule has 0 saturated heterocycles. The Balaban J connectivity index is 1.34. The van der Waals surface area contributed by atoms with Gasteiger partial charge >= 0.3 is 0 Å². The molecular formula is C24H19N3O4S. The van der Waals surface area contributed by atoms with Crippen molar-refractivity contribution in [2.24, 2.45) is 0 Å². The van der Waals surface area contributed by atoms with Crippen molar-refractivity contribution in [2.75, 3.05) is 11.1 Å². The molecule has 1 heterocycles. The van der Waals surface area contributed by atoms with Gasteiger partial charge in [0, 0.05) is 17.0 Å². The van der Waals surface area contributed by atoms with Crippen molar-refractivity contribution in [1.82, 2.24) is 10.4 Å². The van der Waals surface area contributed by atoms with E-state index in [9.17, 15) is 19.2 Å². The molecular weight excluding hydrogens is 426 g/mol. The molecule has 32 heavy (non-hydrogen) atoms. The molecule has 0 bridgehead atoms. The van der Waals surface area contributed by atoms with Crippen LogP contribution in [0.5, 0.6) is 0 Å². The van der Waals surface area contributed by atoms with E-state index in [4.69, 9.17) is 0 Å². The predicted octanol–water partition coefficient (Wildman–Crippen LogP) is 3.50. The molecule has 0 saturated carbocycles. The predicted molar refractivity (Wildman–Crippen MR) is 122 cm³/mol. The maximum atomic E-state index is 12.6. The van der Waals surface area contributed by atoms with Crippen molar-refractivity contribution >= 4 is 41.1 Å². The second-order valence-corrected chi connectivity index (χ2v) is 8.03. The topological polar surface area (TPSA) is 95.6 Å². The lowest BCUT2D eigenvalue weighted by molar-refractivity contribution is -0.113. The third-order valence-electron chi connectivity index (χ3n) is 4.76. The third kappa shape index (κ3) is 4.70. The molecule has 0 fully saturated rings. The number of benzene rings is 3. The van der Waals surface area contributed by atoms with Gasteiger partial charge in [0.2, 0.25) is 5.91 Å². The number of amides is 4. The Bertz CT molecular complexity index is 1160. The number of nitrogens with zero attached hydrogens (tertiary/aromatic N) is 1. The molecule has 0 radical (unpaired) electrons. The van der Waals surface area contributed by atoms with E-state index < -0.39 is 17.7 Å². The highest BCUT2D eigenvalue weighted by molar-refractivity contribution is 7.99. The number of hydrogen-bond donors (Lipinski definition) is 2. The van der Waals surface area contributed by atoms with Crippen molar-refractivity contribution in [3.05, 3.63) is 101 Å². The molecule has 0 spiro atoms. The number of thioether (sulfide) groups is 1. The van der Waals surface area contributed by atoms with Gasteiger partial charge < -0.3 is 5.32 Å². The number of rotatable bonds is 7. The Morgan fingerprint density at radius 2 is 1.47 bits per heavy atom. The first-order valence-corrected chi connectivity index (χ1v) is 11.0. The van der Waals surface area contributed by atoms with Gasteiger partial charge in [0.05, 0.1) is 16.9 Å². The normalized spacial score (nSPS) is 12.4. The largest absolute Gasteiger partial charge is 0.325 e. The summed E-state index contributed by atoms with van der Waals surface area (Å²) in [5, 5.41) is 3.47. The number of fused-ring (bicyclic) bond motifs is 1. The number of nitrogens with one attached hydrogen (secondary N) is 2. The second-order valence-electron chi connectivity index (χ2n) is 7.04. The molecule has 4 amide bonds. The van der Waals surface area contributed by atoms with Gasteiger partial charge in [-0.05, 0) is 35.9 Å². The highest BCUT2D eigenvalue weighted by Crippen LogP contribution is 2.21. The van der Waals surface area contributed by atoms with Gasteiger partial charge in [-0.1, -0.05) is 48.5 Å². The van der Waals surface area contributed by atoms with E-state index in [-0.39, 0.29) is 28.4 Å². The van der Waals surface area contributed by atoms with Gasteiger partial charge in [-0.3, -0.25) is 24.6 Å². The molecule has 4 rings (SSSR count). The summed E-state index contributed by atoms with van der Waals surface area (Å²) < 4.78 is 0. The quantitative estimate of drug-likeness (QED) is 0.543. The lowest BCUT2D eigenvalue weighted by atomic mass is 10.1. The van der Waals surface area contributed by atoms with E-state index in [1.54, 1.807) is 24.3 Å². The fraction of sp³-hybridized carbons (Fsp3) is 0.0833. The monoisotopic (exact) mass is 445 g/mol. The lowest BCUT2D eigenvalue weighted by Crippen LogP contribution is -2.45. The third-order valence-corrected chi connectivity index (χ3v) is 5.76. The highest BCUT2D eigenvalue weighted by atomic mass is 32.2. The van der Waals surface area contributed by atoms with Crippen LogP contribution in [-0.2, 0) is 10.5 Å². The Labute approximate surface area is 188 Å². The number of carbonyl (C=O) groups excluding carboxylic acids is 4. The van der Waals surface area contributed by atoms with Crippen LogP contribution >= 0.6 is 11.8 Å². The van der Waals surface area contributed by atoms with Gasteiger partial charge in [-0.15, -0.1) is 11.8 Å². The van der Waals surface area contributed by atoms with Crippen molar-refractivity contribution in [2.45, 2.75) is 5.75 Å². The summed E-state index contributed by atoms with van der Waals surface area (Å²) in [4.78, 5) is 49.7. The molecule has 0 atom stereocenters. The lowest BCUT2D eigenvalue weighted by Gasteiger charge is -2.15. The molecule has 2 N–H and O–H groups in total. The number of imide groups is 1. The molecule has 0 aromatic heterocycles. The van der Waals surface area contributed by atoms with E-state index in [2.05, 4.69) is 10.7 Å². The molecule has 1 aliphatic heterocycles. The summed E-state index contributed by atoms with van der Waals surface area (Å²) >= 11 is 1.49. The fourth-order valence-corrected chi connectivity index (χ4v) is 4.02. The molecule has 0 aliphatic carbocycles. The Kier molecular flexibility index (Phi) is 6.32. The summed E-state index contributed by atoms with van der Waals surface area (Å²) in [5.74, 6) is -1.01. The molecule has 160 valence electrons. The van der Waals surface area contributed by atoms with Gasteiger partial charge in [-0.2, -0.15) is 5.01 Å². The van der Waals surface area contributed by atoms with E-state index in [0.717, 1.165) is 11.3 Å². The fourth-order valence-electron chi connectivity index (χ4n) is 3.23. The van der Waals surface area contributed by atoms with Crippen LogP contribution in [-0.4, -0.2) is 34.4 Å². The average molecular weight is 446 g/mol. The van der Waals surface area contributed by atoms with Crippen LogP contribution in [0.1, 0.15) is 36.6 Å². The highest BCUT2D eigenvalue weighted by Gasteiger charge is 2.36. The first-order chi connectivity index (χ1) is 15.5. The summed E-state index contributed by atoms with van der Waals surface area (Å²) in [7, 11) is 0. The second kappa shape index (κ2) is 9.49. The molecule has 8 heteroatoms. The number of hydrogen-bond acceptors (Lipinski definition) is 5. The maximum absolute atomic E-state index is 12.6. The van der Waals surface area contributed by atoms with E-state index in [1.165, 1.54) is 36.0 Å². The minimum atomic E-state index is -0.631. The minimum absolute atomic E-state index is 0.191. The Morgan fingerprint density at radius 1 is 0.812 bits per heavy atom. The van der Waals surface area contributed by atoms with Crippen LogP contribution in [0.4, 0.5) is 5.69 Å². The number of carbonyl (C=O) groups is 4. The van der Waals surface area contributed by atoms with Gasteiger partial charge in [0.1, 0.15) is 0 Å². The number of hydrazine groups is 1. The number of anilines is 1. The Morgan fingerprint density at radius 3 is 2.16 bits per heavy atom. The van der Waals surface area contributed by atoms with Crippen LogP contribution in [0.15, 0.2) is 78.9 Å². The molecule has 1 aliphatic rings.